The Morgan fingerprint density at radius 1 is 1.26 bits per heavy atom. The van der Waals surface area contributed by atoms with E-state index in [1.54, 1.807) is 23.1 Å². The third-order valence-corrected chi connectivity index (χ3v) is 7.74. The topological polar surface area (TPSA) is 86.0 Å². The Kier molecular flexibility index (Phi) is 5.91. The molecule has 0 aliphatic carbocycles. The predicted octanol–water partition coefficient (Wildman–Crippen LogP) is 3.72. The lowest BCUT2D eigenvalue weighted by molar-refractivity contribution is -0.137. The van der Waals surface area contributed by atoms with E-state index in [0.717, 1.165) is 21.9 Å². The van der Waals surface area contributed by atoms with Crippen LogP contribution in [0.1, 0.15) is 17.5 Å². The van der Waals surface area contributed by atoms with Crippen molar-refractivity contribution in [3.8, 4) is 11.8 Å². The molecule has 182 valence electrons. The number of ether oxygens (including phenoxy) is 2. The molecule has 3 aliphatic rings. The van der Waals surface area contributed by atoms with Crippen molar-refractivity contribution in [2.75, 3.05) is 35.4 Å². The van der Waals surface area contributed by atoms with Gasteiger partial charge in [-0.25, -0.2) is 0 Å². The zero-order chi connectivity index (χ0) is 25.0. The third kappa shape index (κ3) is 3.83. The van der Waals surface area contributed by atoms with Crippen LogP contribution < -0.4 is 14.5 Å². The summed E-state index contributed by atoms with van der Waals surface area (Å²) in [6.45, 7) is 0.206. The molecular weight excluding hydrogens is 503 g/mol. The van der Waals surface area contributed by atoms with E-state index >= 15 is 0 Å². The number of hydrogen-bond acceptors (Lipinski definition) is 7. The van der Waals surface area contributed by atoms with Gasteiger partial charge in [0.15, 0.2) is 10.7 Å². The number of thioether (sulfide) groups is 1. The Labute approximate surface area is 208 Å². The minimum atomic E-state index is -4.78. The van der Waals surface area contributed by atoms with Crippen molar-refractivity contribution in [3.63, 3.8) is 0 Å². The Morgan fingerprint density at radius 3 is 2.69 bits per heavy atom. The average molecular weight is 522 g/mol. The predicted molar refractivity (Wildman–Crippen MR) is 126 cm³/mol. The smallest absolute Gasteiger partial charge is 0.417 e. The van der Waals surface area contributed by atoms with Gasteiger partial charge < -0.3 is 19.5 Å². The first-order valence-electron chi connectivity index (χ1n) is 10.6. The number of aliphatic hydroxyl groups excluding tert-OH is 1. The van der Waals surface area contributed by atoms with E-state index in [2.05, 4.69) is 0 Å². The van der Waals surface area contributed by atoms with Gasteiger partial charge in [-0.3, -0.25) is 9.69 Å². The van der Waals surface area contributed by atoms with Crippen molar-refractivity contribution in [1.82, 2.24) is 0 Å². The normalized spacial score (nSPS) is 24.0. The fourth-order valence-electron chi connectivity index (χ4n) is 4.49. The van der Waals surface area contributed by atoms with Crippen LogP contribution in [0.15, 0.2) is 41.3 Å². The van der Waals surface area contributed by atoms with Crippen molar-refractivity contribution < 1.29 is 32.5 Å². The first kappa shape index (κ1) is 23.9. The zero-order valence-corrected chi connectivity index (χ0v) is 19.7. The number of halogens is 3. The average Bonchev–Trinajstić information content (AvgIpc) is 3.41. The minimum absolute atomic E-state index is 0.0215. The highest BCUT2D eigenvalue weighted by Gasteiger charge is 2.58. The molecule has 3 heterocycles. The van der Waals surface area contributed by atoms with Crippen LogP contribution >= 0.6 is 24.0 Å². The highest BCUT2D eigenvalue weighted by molar-refractivity contribution is 7.99. The molecule has 2 fully saturated rings. The number of aliphatic hydroxyl groups is 1. The molecule has 12 heteroatoms. The lowest BCUT2D eigenvalue weighted by atomic mass is 9.96. The first-order chi connectivity index (χ1) is 16.7. The van der Waals surface area contributed by atoms with Gasteiger partial charge in [-0.15, -0.1) is 11.8 Å². The van der Waals surface area contributed by atoms with E-state index in [1.807, 2.05) is 6.07 Å². The summed E-state index contributed by atoms with van der Waals surface area (Å²) in [4.78, 5) is 17.3. The molecule has 2 aromatic carbocycles. The van der Waals surface area contributed by atoms with Crippen LogP contribution in [-0.4, -0.2) is 53.3 Å². The van der Waals surface area contributed by atoms with Gasteiger partial charge in [-0.2, -0.15) is 18.4 Å². The van der Waals surface area contributed by atoms with E-state index in [1.165, 1.54) is 17.8 Å². The van der Waals surface area contributed by atoms with E-state index in [9.17, 15) is 23.1 Å². The number of fused-ring (bicyclic) bond motifs is 1. The summed E-state index contributed by atoms with van der Waals surface area (Å²) >= 11 is 7.15. The van der Waals surface area contributed by atoms with Gasteiger partial charge in [0.2, 0.25) is 0 Å². The van der Waals surface area contributed by atoms with Crippen molar-refractivity contribution in [2.24, 2.45) is 0 Å². The Balaban J connectivity index is 1.58. The van der Waals surface area contributed by atoms with Gasteiger partial charge in [0.25, 0.3) is 5.91 Å². The van der Waals surface area contributed by atoms with Gasteiger partial charge in [-0.1, -0.05) is 0 Å². The summed E-state index contributed by atoms with van der Waals surface area (Å²) < 4.78 is 52.1. The Hall–Kier alpha value is -2.85. The molecule has 1 amide bonds. The monoisotopic (exact) mass is 521 g/mol. The maximum atomic E-state index is 13.7. The summed E-state index contributed by atoms with van der Waals surface area (Å²) in [5.74, 6) is 0.651. The molecule has 2 saturated heterocycles. The number of amides is 1. The molecule has 2 atom stereocenters. The summed E-state index contributed by atoms with van der Waals surface area (Å²) in [5.41, 5.74) is -2.36. The second-order valence-electron chi connectivity index (χ2n) is 8.30. The second-order valence-corrected chi connectivity index (χ2v) is 9.72. The standard InChI is InChI=1S/C23H18F3N3O4S2/c24-23(25,26)17-7-14(2-1-13(17)9-27)28-20(31)22(5-6-32-12-22)29(21(28)34)15-3-4-18-19(8-15)35-11-16(10-30)33-18/h1-4,7-8,16,30H,5-6,10-12H2/t16-,22+/m0/s1. The maximum absolute atomic E-state index is 13.7. The molecule has 35 heavy (non-hydrogen) atoms. The molecule has 3 aliphatic heterocycles. The summed E-state index contributed by atoms with van der Waals surface area (Å²) in [6, 6.07) is 9.92. The lowest BCUT2D eigenvalue weighted by Gasteiger charge is -2.32. The zero-order valence-electron chi connectivity index (χ0n) is 18.0. The van der Waals surface area contributed by atoms with Gasteiger partial charge in [0.05, 0.1) is 41.0 Å². The van der Waals surface area contributed by atoms with E-state index < -0.39 is 28.7 Å². The molecule has 0 aromatic heterocycles. The SMILES string of the molecule is N#Cc1ccc(N2C(=O)[C@]3(CCOC3)N(c3ccc4c(c3)SC[C@H](CO)O4)C2=S)cc1C(F)(F)F. The number of rotatable bonds is 3. The molecule has 0 radical (unpaired) electrons. The number of carbonyl (C=O) groups excluding carboxylic acids is 1. The molecule has 0 bridgehead atoms. The molecule has 1 N–H and O–H groups in total. The summed E-state index contributed by atoms with van der Waals surface area (Å²) in [6.07, 6.45) is -4.79. The molecular formula is C23H18F3N3O4S2. The number of carbonyl (C=O) groups is 1. The maximum Gasteiger partial charge on any atom is 0.417 e. The number of alkyl halides is 3. The lowest BCUT2D eigenvalue weighted by Crippen LogP contribution is -2.50. The third-order valence-electron chi connectivity index (χ3n) is 6.21. The van der Waals surface area contributed by atoms with Gasteiger partial charge >= 0.3 is 6.18 Å². The highest BCUT2D eigenvalue weighted by atomic mass is 32.2. The van der Waals surface area contributed by atoms with Crippen LogP contribution in [0, 0.1) is 11.3 Å². The number of nitriles is 1. The van der Waals surface area contributed by atoms with Crippen molar-refractivity contribution >= 4 is 46.4 Å². The fourth-order valence-corrected chi connectivity index (χ4v) is 5.96. The number of thiocarbonyl (C=S) groups is 1. The molecule has 1 spiro atoms. The number of nitrogens with zero attached hydrogens (tertiary/aromatic N) is 3. The molecule has 0 unspecified atom stereocenters. The van der Waals surface area contributed by atoms with Crippen LogP contribution in [0.4, 0.5) is 24.5 Å². The summed E-state index contributed by atoms with van der Waals surface area (Å²) in [5, 5.41) is 18.5. The second kappa shape index (κ2) is 8.67. The van der Waals surface area contributed by atoms with Crippen LogP contribution in [-0.2, 0) is 15.7 Å². The van der Waals surface area contributed by atoms with E-state index in [0.29, 0.717) is 30.2 Å². The number of hydrogen-bond donors (Lipinski definition) is 1. The van der Waals surface area contributed by atoms with Crippen LogP contribution in [0.2, 0.25) is 0 Å². The minimum Gasteiger partial charge on any atom is -0.486 e. The van der Waals surface area contributed by atoms with Gasteiger partial charge in [0, 0.05) is 24.5 Å². The van der Waals surface area contributed by atoms with Crippen molar-refractivity contribution in [2.45, 2.75) is 29.1 Å². The van der Waals surface area contributed by atoms with Gasteiger partial charge in [0.1, 0.15) is 11.9 Å². The van der Waals surface area contributed by atoms with Crippen molar-refractivity contribution in [3.05, 3.63) is 47.5 Å². The van der Waals surface area contributed by atoms with Crippen LogP contribution in [0.5, 0.6) is 5.75 Å². The van der Waals surface area contributed by atoms with E-state index in [-0.39, 0.29) is 30.1 Å². The van der Waals surface area contributed by atoms with E-state index in [4.69, 9.17) is 27.0 Å². The van der Waals surface area contributed by atoms with Crippen molar-refractivity contribution in [1.29, 1.82) is 5.26 Å². The summed E-state index contributed by atoms with van der Waals surface area (Å²) in [7, 11) is 0. The van der Waals surface area contributed by atoms with Crippen LogP contribution in [0.3, 0.4) is 0 Å². The molecule has 5 rings (SSSR count). The van der Waals surface area contributed by atoms with Crippen LogP contribution in [0.25, 0.3) is 0 Å². The molecule has 0 saturated carbocycles. The molecule has 2 aromatic rings. The fraction of sp³-hybridized carbons (Fsp3) is 0.348. The number of benzene rings is 2. The Morgan fingerprint density at radius 2 is 2.03 bits per heavy atom. The number of anilines is 2. The van der Waals surface area contributed by atoms with Gasteiger partial charge in [-0.05, 0) is 48.6 Å². The quantitative estimate of drug-likeness (QED) is 0.612. The molecule has 7 nitrogen and oxygen atoms in total. The first-order valence-corrected chi connectivity index (χ1v) is 12.0. The highest BCUT2D eigenvalue weighted by Crippen LogP contribution is 2.45. The largest absolute Gasteiger partial charge is 0.486 e. The Bertz CT molecular complexity index is 1260.